The minimum absolute atomic E-state index is 0.0323. The normalized spacial score (nSPS) is 15.7. The summed E-state index contributed by atoms with van der Waals surface area (Å²) in [7, 11) is -1.36. The molecule has 0 bridgehead atoms. The molecular weight excluding hydrogens is 619 g/mol. The predicted octanol–water partition coefficient (Wildman–Crippen LogP) is 7.57. The number of nitrogens with zero attached hydrogens (tertiary/aromatic N) is 2. The summed E-state index contributed by atoms with van der Waals surface area (Å²) in [6, 6.07) is 15.7. The van der Waals surface area contributed by atoms with E-state index in [1.807, 2.05) is 36.4 Å². The van der Waals surface area contributed by atoms with Crippen molar-refractivity contribution in [2.75, 3.05) is 19.8 Å². The number of rotatable bonds is 13. The summed E-state index contributed by atoms with van der Waals surface area (Å²) in [4.78, 5) is 28.1. The van der Waals surface area contributed by atoms with E-state index in [1.54, 1.807) is 12.1 Å². The molecule has 8 nitrogen and oxygen atoms in total. The van der Waals surface area contributed by atoms with Crippen LogP contribution in [0.25, 0.3) is 22.4 Å². The van der Waals surface area contributed by atoms with Gasteiger partial charge in [0.1, 0.15) is 17.9 Å². The average molecular weight is 660 g/mol. The van der Waals surface area contributed by atoms with E-state index in [0.29, 0.717) is 65.0 Å². The zero-order valence-corrected chi connectivity index (χ0v) is 28.1. The van der Waals surface area contributed by atoms with Crippen LogP contribution in [0.2, 0.25) is 35.7 Å². The number of aromatic nitrogens is 2. The van der Waals surface area contributed by atoms with Crippen molar-refractivity contribution >= 4 is 42.4 Å². The van der Waals surface area contributed by atoms with Gasteiger partial charge in [0.25, 0.3) is 5.56 Å². The van der Waals surface area contributed by atoms with Crippen molar-refractivity contribution in [1.82, 2.24) is 9.13 Å². The second-order valence-corrected chi connectivity index (χ2v) is 18.9. The highest BCUT2D eigenvalue weighted by atomic mass is 35.5. The smallest absolute Gasteiger partial charge is 0.335 e. The molecule has 1 saturated heterocycles. The van der Waals surface area contributed by atoms with Gasteiger partial charge in [0.05, 0.1) is 6.61 Å². The number of hydrogen-bond donors (Lipinski definition) is 0. The molecule has 0 aliphatic carbocycles. The summed E-state index contributed by atoms with van der Waals surface area (Å²) in [5.74, 6) is 0.486. The van der Waals surface area contributed by atoms with Crippen molar-refractivity contribution in [1.29, 1.82) is 0 Å². The lowest BCUT2D eigenvalue weighted by molar-refractivity contribution is -0.163. The standard InChI is InChI=1S/C33H40Cl2N2O6Si/c1-44(2,3)19-18-40-22-37-32-29(31(38)36(33(37)39)15-7-17-42-28-10-4-5-16-41-28)27(20-23-11-13-25(34)14-12-23)30(43-32)24-8-6-9-26(35)21-24/h6,8-9,11-14,21,28H,4-5,7,10,15-20,22H2,1-3H3. The van der Waals surface area contributed by atoms with Crippen LogP contribution in [0.5, 0.6) is 0 Å². The minimum Gasteiger partial charge on any atom is -0.439 e. The Morgan fingerprint density at radius 2 is 1.77 bits per heavy atom. The van der Waals surface area contributed by atoms with Crippen molar-refractivity contribution in [3.05, 3.63) is 90.5 Å². The van der Waals surface area contributed by atoms with Crippen LogP contribution in [0.15, 0.2) is 62.5 Å². The first-order valence-electron chi connectivity index (χ1n) is 15.2. The first-order valence-corrected chi connectivity index (χ1v) is 19.7. The Hall–Kier alpha value is -2.66. The Morgan fingerprint density at radius 1 is 0.977 bits per heavy atom. The summed E-state index contributed by atoms with van der Waals surface area (Å²) >= 11 is 12.5. The van der Waals surface area contributed by atoms with E-state index in [2.05, 4.69) is 19.6 Å². The van der Waals surface area contributed by atoms with Crippen LogP contribution >= 0.6 is 23.2 Å². The summed E-state index contributed by atoms with van der Waals surface area (Å²) in [5.41, 5.74) is 1.63. The fraction of sp³-hybridized carbons (Fsp3) is 0.455. The molecule has 1 atom stereocenters. The van der Waals surface area contributed by atoms with Crippen LogP contribution in [-0.4, -0.2) is 43.3 Å². The zero-order chi connectivity index (χ0) is 31.3. The second-order valence-electron chi connectivity index (χ2n) is 12.4. The molecule has 0 radical (unpaired) electrons. The van der Waals surface area contributed by atoms with Crippen molar-refractivity contribution < 1.29 is 18.6 Å². The molecule has 1 unspecified atom stereocenters. The fourth-order valence-corrected chi connectivity index (χ4v) is 6.35. The van der Waals surface area contributed by atoms with Crippen LogP contribution in [0.3, 0.4) is 0 Å². The van der Waals surface area contributed by atoms with Gasteiger partial charge in [0.15, 0.2) is 6.29 Å². The number of furan rings is 1. The van der Waals surface area contributed by atoms with Crippen molar-refractivity contribution in [3.63, 3.8) is 0 Å². The molecule has 1 aliphatic rings. The van der Waals surface area contributed by atoms with Gasteiger partial charge in [-0.15, -0.1) is 0 Å². The third kappa shape index (κ3) is 8.13. The molecule has 1 fully saturated rings. The highest BCUT2D eigenvalue weighted by Gasteiger charge is 2.25. The monoisotopic (exact) mass is 658 g/mol. The lowest BCUT2D eigenvalue weighted by atomic mass is 9.99. The lowest BCUT2D eigenvalue weighted by Gasteiger charge is -2.22. The quantitative estimate of drug-likeness (QED) is 0.109. The second kappa shape index (κ2) is 14.6. The molecule has 0 amide bonds. The van der Waals surface area contributed by atoms with E-state index in [0.717, 1.165) is 30.9 Å². The van der Waals surface area contributed by atoms with E-state index in [-0.39, 0.29) is 25.3 Å². The van der Waals surface area contributed by atoms with Crippen LogP contribution in [0.4, 0.5) is 0 Å². The van der Waals surface area contributed by atoms with Crippen LogP contribution in [-0.2, 0) is 33.9 Å². The van der Waals surface area contributed by atoms with Crippen molar-refractivity contribution in [2.45, 2.75) is 77.4 Å². The SMILES string of the molecule is C[Si](C)(C)CCOCn1c(=O)n(CCCOC2CCCCO2)c(=O)c2c(Cc3ccc(Cl)cc3)c(-c3cccc(Cl)c3)oc21. The molecule has 2 aromatic heterocycles. The average Bonchev–Trinajstić information content (AvgIpc) is 3.36. The largest absolute Gasteiger partial charge is 0.439 e. The maximum atomic E-state index is 14.2. The Labute approximate surface area is 268 Å². The third-order valence-corrected chi connectivity index (χ3v) is 9.91. The maximum Gasteiger partial charge on any atom is 0.335 e. The zero-order valence-electron chi connectivity index (χ0n) is 25.6. The van der Waals surface area contributed by atoms with E-state index in [4.69, 9.17) is 41.8 Å². The van der Waals surface area contributed by atoms with Crippen molar-refractivity contribution in [2.24, 2.45) is 0 Å². The molecule has 236 valence electrons. The molecule has 0 N–H and O–H groups in total. The summed E-state index contributed by atoms with van der Waals surface area (Å²) in [5, 5.41) is 1.50. The van der Waals surface area contributed by atoms with Gasteiger partial charge in [0.2, 0.25) is 5.71 Å². The molecule has 44 heavy (non-hydrogen) atoms. The minimum atomic E-state index is -1.36. The van der Waals surface area contributed by atoms with Gasteiger partial charge in [-0.1, -0.05) is 67.1 Å². The molecule has 0 saturated carbocycles. The summed E-state index contributed by atoms with van der Waals surface area (Å²) in [6.45, 7) is 8.55. The number of benzene rings is 2. The summed E-state index contributed by atoms with van der Waals surface area (Å²) < 4.78 is 26.7. The van der Waals surface area contributed by atoms with Gasteiger partial charge in [-0.05, 0) is 61.6 Å². The number of ether oxygens (including phenoxy) is 3. The Morgan fingerprint density at radius 3 is 2.48 bits per heavy atom. The van der Waals surface area contributed by atoms with Crippen LogP contribution < -0.4 is 11.2 Å². The Kier molecular flexibility index (Phi) is 10.9. The Bertz CT molecular complexity index is 1680. The first kappa shape index (κ1) is 32.7. The van der Waals surface area contributed by atoms with E-state index < -0.39 is 19.3 Å². The number of hydrogen-bond acceptors (Lipinski definition) is 6. The highest BCUT2D eigenvalue weighted by Crippen LogP contribution is 2.34. The number of halogens is 2. The molecular formula is C33H40Cl2N2O6Si. The molecule has 11 heteroatoms. The molecule has 2 aromatic carbocycles. The lowest BCUT2D eigenvalue weighted by Crippen LogP contribution is -2.40. The predicted molar refractivity (Wildman–Crippen MR) is 178 cm³/mol. The number of fused-ring (bicyclic) bond motifs is 1. The third-order valence-electron chi connectivity index (χ3n) is 7.72. The Balaban J connectivity index is 1.58. The van der Waals surface area contributed by atoms with Crippen molar-refractivity contribution in [3.8, 4) is 11.3 Å². The van der Waals surface area contributed by atoms with Gasteiger partial charge in [-0.25, -0.2) is 9.36 Å². The molecule has 4 aromatic rings. The topological polar surface area (TPSA) is 84.8 Å². The van der Waals surface area contributed by atoms with Gasteiger partial charge in [0, 0.05) is 55.4 Å². The molecule has 3 heterocycles. The van der Waals surface area contributed by atoms with Gasteiger partial charge < -0.3 is 18.6 Å². The van der Waals surface area contributed by atoms with Crippen LogP contribution in [0, 0.1) is 0 Å². The molecule has 5 rings (SSSR count). The van der Waals surface area contributed by atoms with Crippen LogP contribution in [0.1, 0.15) is 36.8 Å². The molecule has 1 aliphatic heterocycles. The van der Waals surface area contributed by atoms with Gasteiger partial charge >= 0.3 is 5.69 Å². The van der Waals surface area contributed by atoms with E-state index in [1.165, 1.54) is 9.13 Å². The molecule has 0 spiro atoms. The first-order chi connectivity index (χ1) is 21.1. The summed E-state index contributed by atoms with van der Waals surface area (Å²) in [6.07, 6.45) is 3.58. The van der Waals surface area contributed by atoms with Gasteiger partial charge in [-0.2, -0.15) is 0 Å². The van der Waals surface area contributed by atoms with E-state index in [9.17, 15) is 9.59 Å². The van der Waals surface area contributed by atoms with E-state index >= 15 is 0 Å². The maximum absolute atomic E-state index is 14.2. The van der Waals surface area contributed by atoms with Gasteiger partial charge in [-0.3, -0.25) is 9.36 Å². The fourth-order valence-electron chi connectivity index (χ4n) is 5.28. The highest BCUT2D eigenvalue weighted by molar-refractivity contribution is 6.76.